The molecule has 104 valence electrons. The topological polar surface area (TPSA) is 42.2 Å². The zero-order chi connectivity index (χ0) is 14.2. The van der Waals surface area contributed by atoms with Crippen LogP contribution < -0.4 is 5.32 Å². The molecule has 2 N–H and O–H groups in total. The van der Waals surface area contributed by atoms with Crippen LogP contribution in [0, 0.1) is 6.92 Å². The van der Waals surface area contributed by atoms with E-state index in [2.05, 4.69) is 36.5 Å². The van der Waals surface area contributed by atoms with Gasteiger partial charge in [-0.3, -0.25) is 0 Å². The summed E-state index contributed by atoms with van der Waals surface area (Å²) in [5.74, 6) is 0. The van der Waals surface area contributed by atoms with E-state index in [0.29, 0.717) is 6.42 Å². The summed E-state index contributed by atoms with van der Waals surface area (Å²) in [4.78, 5) is 0. The maximum absolute atomic E-state index is 11.1. The largest absolute Gasteiger partial charge is 0.383 e. The Morgan fingerprint density at radius 1 is 1.05 bits per heavy atom. The van der Waals surface area contributed by atoms with Crippen molar-refractivity contribution in [3.8, 4) is 0 Å². The van der Waals surface area contributed by atoms with Gasteiger partial charge >= 0.3 is 0 Å². The van der Waals surface area contributed by atoms with E-state index in [4.69, 9.17) is 0 Å². The van der Waals surface area contributed by atoms with Crippen molar-refractivity contribution in [2.45, 2.75) is 38.0 Å². The lowest BCUT2D eigenvalue weighted by Crippen LogP contribution is -2.33. The molecule has 1 fully saturated rings. The van der Waals surface area contributed by atoms with Gasteiger partial charge in [0.25, 0.3) is 0 Å². The summed E-state index contributed by atoms with van der Waals surface area (Å²) in [5, 5.41) is 14.5. The van der Waals surface area contributed by atoms with Crippen LogP contribution in [0.2, 0.25) is 0 Å². The normalized spacial score (nSPS) is 24.1. The third-order valence-electron chi connectivity index (χ3n) is 4.35. The van der Waals surface area contributed by atoms with E-state index in [0.717, 1.165) is 5.56 Å². The van der Waals surface area contributed by atoms with Crippen molar-refractivity contribution in [1.82, 2.24) is 5.32 Å². The Bertz CT molecular complexity index is 578. The Balaban J connectivity index is 1.86. The van der Waals surface area contributed by atoms with Gasteiger partial charge < -0.3 is 10.4 Å². The van der Waals surface area contributed by atoms with Crippen LogP contribution in [0.3, 0.4) is 0 Å². The molecule has 0 aromatic heterocycles. The highest BCUT2D eigenvalue weighted by molar-refractivity contribution is 5.35. The highest BCUT2D eigenvalue weighted by atomic mass is 16.3. The summed E-state index contributed by atoms with van der Waals surface area (Å²) in [6.45, 7) is 4.11. The quantitative estimate of drug-likeness (QED) is 0.835. The Morgan fingerprint density at radius 2 is 1.70 bits per heavy atom. The SMILES string of the molecule is CC[C@](O)(c1ccc(C)cc1)[C@@H]1N[C@H]1c1ccccc1. The molecule has 0 spiro atoms. The van der Waals surface area contributed by atoms with E-state index >= 15 is 0 Å². The molecule has 1 aliphatic heterocycles. The molecule has 2 nitrogen and oxygen atoms in total. The molecule has 1 aliphatic rings. The molecule has 1 heterocycles. The second-order valence-corrected chi connectivity index (χ2v) is 5.68. The van der Waals surface area contributed by atoms with Crippen LogP contribution in [-0.4, -0.2) is 11.1 Å². The average molecular weight is 267 g/mol. The summed E-state index contributed by atoms with van der Waals surface area (Å²) in [6, 6.07) is 18.9. The summed E-state index contributed by atoms with van der Waals surface area (Å²) >= 11 is 0. The van der Waals surface area contributed by atoms with Crippen LogP contribution in [-0.2, 0) is 5.60 Å². The number of hydrogen-bond donors (Lipinski definition) is 2. The van der Waals surface area contributed by atoms with Crippen molar-refractivity contribution < 1.29 is 5.11 Å². The molecular weight excluding hydrogens is 246 g/mol. The summed E-state index contributed by atoms with van der Waals surface area (Å²) in [7, 11) is 0. The third kappa shape index (κ3) is 2.26. The lowest BCUT2D eigenvalue weighted by atomic mass is 9.85. The molecule has 3 rings (SSSR count). The zero-order valence-corrected chi connectivity index (χ0v) is 12.0. The molecule has 0 bridgehead atoms. The zero-order valence-electron chi connectivity index (χ0n) is 12.0. The number of aliphatic hydroxyl groups is 1. The van der Waals surface area contributed by atoms with Gasteiger partial charge in [-0.25, -0.2) is 0 Å². The van der Waals surface area contributed by atoms with Crippen LogP contribution in [0.15, 0.2) is 54.6 Å². The molecule has 3 atom stereocenters. The lowest BCUT2D eigenvalue weighted by molar-refractivity contribution is 0.0286. The second-order valence-electron chi connectivity index (χ2n) is 5.68. The van der Waals surface area contributed by atoms with E-state index in [9.17, 15) is 5.11 Å². The molecule has 2 heteroatoms. The Morgan fingerprint density at radius 3 is 2.30 bits per heavy atom. The van der Waals surface area contributed by atoms with Gasteiger partial charge in [0.2, 0.25) is 0 Å². The first-order valence-corrected chi connectivity index (χ1v) is 7.25. The molecule has 2 aromatic carbocycles. The van der Waals surface area contributed by atoms with Gasteiger partial charge in [0.1, 0.15) is 5.60 Å². The maximum atomic E-state index is 11.1. The van der Waals surface area contributed by atoms with E-state index in [1.807, 2.05) is 37.3 Å². The average Bonchev–Trinajstić information content (AvgIpc) is 3.29. The predicted octanol–water partition coefficient (Wildman–Crippen LogP) is 3.31. The first kappa shape index (κ1) is 13.3. The number of rotatable bonds is 4. The number of aryl methyl sites for hydroxylation is 1. The number of hydrogen-bond acceptors (Lipinski definition) is 2. The van der Waals surface area contributed by atoms with E-state index < -0.39 is 5.60 Å². The lowest BCUT2D eigenvalue weighted by Gasteiger charge is -2.27. The molecule has 0 saturated carbocycles. The molecule has 0 aliphatic carbocycles. The van der Waals surface area contributed by atoms with Gasteiger partial charge in [-0.2, -0.15) is 0 Å². The van der Waals surface area contributed by atoms with Gasteiger partial charge in [0.15, 0.2) is 0 Å². The standard InChI is InChI=1S/C18H21NO/c1-3-18(20,15-11-9-13(2)10-12-15)17-16(19-17)14-7-5-4-6-8-14/h4-12,16-17,19-20H,3H2,1-2H3/t16-,17+,18-/m0/s1. The van der Waals surface area contributed by atoms with Gasteiger partial charge in [-0.15, -0.1) is 0 Å². The van der Waals surface area contributed by atoms with Crippen LogP contribution in [0.5, 0.6) is 0 Å². The monoisotopic (exact) mass is 267 g/mol. The molecule has 0 radical (unpaired) electrons. The molecule has 1 saturated heterocycles. The first-order valence-electron chi connectivity index (χ1n) is 7.25. The summed E-state index contributed by atoms with van der Waals surface area (Å²) in [6.07, 6.45) is 0.705. The van der Waals surface area contributed by atoms with Crippen LogP contribution >= 0.6 is 0 Å². The van der Waals surface area contributed by atoms with Crippen molar-refractivity contribution in [3.63, 3.8) is 0 Å². The Hall–Kier alpha value is -1.64. The predicted molar refractivity (Wildman–Crippen MR) is 81.5 cm³/mol. The minimum absolute atomic E-state index is 0.0950. The summed E-state index contributed by atoms with van der Waals surface area (Å²) < 4.78 is 0. The molecule has 2 aromatic rings. The highest BCUT2D eigenvalue weighted by Crippen LogP contribution is 2.44. The highest BCUT2D eigenvalue weighted by Gasteiger charge is 2.52. The fraction of sp³-hybridized carbons (Fsp3) is 0.333. The fourth-order valence-corrected chi connectivity index (χ4v) is 2.95. The first-order chi connectivity index (χ1) is 9.65. The Kier molecular flexibility index (Phi) is 3.36. The maximum Gasteiger partial charge on any atom is 0.106 e. The number of benzene rings is 2. The van der Waals surface area contributed by atoms with Crippen molar-refractivity contribution in [3.05, 3.63) is 71.3 Å². The Labute approximate surface area is 120 Å². The van der Waals surface area contributed by atoms with Crippen LogP contribution in [0.25, 0.3) is 0 Å². The third-order valence-corrected chi connectivity index (χ3v) is 4.35. The minimum Gasteiger partial charge on any atom is -0.383 e. The molecule has 0 amide bonds. The van der Waals surface area contributed by atoms with Gasteiger partial charge in [0.05, 0.1) is 12.1 Å². The van der Waals surface area contributed by atoms with Crippen molar-refractivity contribution in [1.29, 1.82) is 0 Å². The van der Waals surface area contributed by atoms with Crippen molar-refractivity contribution in [2.24, 2.45) is 0 Å². The fourth-order valence-electron chi connectivity index (χ4n) is 2.95. The smallest absolute Gasteiger partial charge is 0.106 e. The van der Waals surface area contributed by atoms with Crippen LogP contribution in [0.4, 0.5) is 0 Å². The van der Waals surface area contributed by atoms with E-state index in [1.165, 1.54) is 11.1 Å². The van der Waals surface area contributed by atoms with Gasteiger partial charge in [-0.05, 0) is 24.5 Å². The van der Waals surface area contributed by atoms with E-state index in [1.54, 1.807) is 0 Å². The van der Waals surface area contributed by atoms with Crippen LogP contribution in [0.1, 0.15) is 36.1 Å². The number of nitrogens with one attached hydrogen (secondary N) is 1. The van der Waals surface area contributed by atoms with E-state index in [-0.39, 0.29) is 12.1 Å². The van der Waals surface area contributed by atoms with Crippen molar-refractivity contribution >= 4 is 0 Å². The summed E-state index contributed by atoms with van der Waals surface area (Å²) in [5.41, 5.74) is 2.67. The molecule has 20 heavy (non-hydrogen) atoms. The minimum atomic E-state index is -0.797. The van der Waals surface area contributed by atoms with Gasteiger partial charge in [0, 0.05) is 0 Å². The van der Waals surface area contributed by atoms with Crippen molar-refractivity contribution in [2.75, 3.05) is 0 Å². The second kappa shape index (κ2) is 5.04. The van der Waals surface area contributed by atoms with Gasteiger partial charge in [-0.1, -0.05) is 67.1 Å². The molecule has 0 unspecified atom stereocenters. The molecular formula is C18H21NO.